The molecule has 0 bridgehead atoms. The van der Waals surface area contributed by atoms with E-state index in [1.165, 1.54) is 7.11 Å². The second kappa shape index (κ2) is 4.72. The largest absolute Gasteiger partial charge is 0.493 e. The number of pyridine rings is 1. The molecule has 0 spiro atoms. The number of halogens is 5. The Kier molecular flexibility index (Phi) is 4.24. The van der Waals surface area contributed by atoms with Gasteiger partial charge >= 0.3 is 0 Å². The number of methoxy groups -OCH3 is 1. The molecular formula is C8H6Cl5NO. The van der Waals surface area contributed by atoms with Gasteiger partial charge in [-0.05, 0) is 6.92 Å². The molecule has 15 heavy (non-hydrogen) atoms. The van der Waals surface area contributed by atoms with Crippen molar-refractivity contribution in [3.05, 3.63) is 21.4 Å². The molecule has 0 saturated carbocycles. The highest BCUT2D eigenvalue weighted by Crippen LogP contribution is 2.46. The molecule has 1 rings (SSSR count). The van der Waals surface area contributed by atoms with Crippen molar-refractivity contribution < 1.29 is 4.74 Å². The molecule has 1 aromatic heterocycles. The predicted molar refractivity (Wildman–Crippen MR) is 64.8 cm³/mol. The van der Waals surface area contributed by atoms with Gasteiger partial charge in [0, 0.05) is 0 Å². The fourth-order valence-corrected chi connectivity index (χ4v) is 2.17. The summed E-state index contributed by atoms with van der Waals surface area (Å²) in [5.41, 5.74) is 0.590. The van der Waals surface area contributed by atoms with E-state index in [2.05, 4.69) is 4.98 Å². The van der Waals surface area contributed by atoms with E-state index in [9.17, 15) is 0 Å². The summed E-state index contributed by atoms with van der Waals surface area (Å²) in [4.78, 5) is 4.01. The summed E-state index contributed by atoms with van der Waals surface area (Å²) >= 11 is 29.0. The minimum atomic E-state index is -1.71. The standard InChI is InChI=1S/C8H6Cl5NO/c1-3-4(9)6(15-2)5(10)7(14-3)8(11,12)13/h1-2H3. The molecular weight excluding hydrogens is 303 g/mol. The molecule has 0 fully saturated rings. The van der Waals surface area contributed by atoms with E-state index in [4.69, 9.17) is 62.7 Å². The Morgan fingerprint density at radius 2 is 1.67 bits per heavy atom. The van der Waals surface area contributed by atoms with Crippen LogP contribution in [0.4, 0.5) is 0 Å². The number of rotatable bonds is 1. The first kappa shape index (κ1) is 13.5. The van der Waals surface area contributed by atoms with Crippen molar-refractivity contribution in [1.29, 1.82) is 0 Å². The van der Waals surface area contributed by atoms with E-state index in [0.717, 1.165) is 0 Å². The maximum atomic E-state index is 5.95. The predicted octanol–water partition coefficient (Wildman–Crippen LogP) is 4.53. The average Bonchev–Trinajstić information content (AvgIpc) is 2.10. The Hall–Kier alpha value is 0.400. The van der Waals surface area contributed by atoms with Crippen molar-refractivity contribution in [3.8, 4) is 5.75 Å². The normalized spacial score (nSPS) is 11.7. The molecule has 0 amide bonds. The first-order valence-corrected chi connectivity index (χ1v) is 5.64. The second-order valence-corrected chi connectivity index (χ2v) is 5.74. The molecule has 2 nitrogen and oxygen atoms in total. The van der Waals surface area contributed by atoms with Gasteiger partial charge in [-0.15, -0.1) is 0 Å². The van der Waals surface area contributed by atoms with Crippen LogP contribution >= 0.6 is 58.0 Å². The van der Waals surface area contributed by atoms with E-state index < -0.39 is 3.79 Å². The van der Waals surface area contributed by atoms with Gasteiger partial charge in [0.05, 0.1) is 12.8 Å². The van der Waals surface area contributed by atoms with Crippen LogP contribution in [-0.4, -0.2) is 12.1 Å². The Labute approximate surface area is 112 Å². The van der Waals surface area contributed by atoms with Crippen LogP contribution in [0.3, 0.4) is 0 Å². The van der Waals surface area contributed by atoms with Gasteiger partial charge in [-0.1, -0.05) is 58.0 Å². The molecule has 7 heteroatoms. The van der Waals surface area contributed by atoms with Crippen molar-refractivity contribution in [3.63, 3.8) is 0 Å². The second-order valence-electron chi connectivity index (χ2n) is 2.70. The molecule has 1 aromatic rings. The van der Waals surface area contributed by atoms with Crippen molar-refractivity contribution in [1.82, 2.24) is 4.98 Å². The molecule has 0 saturated heterocycles. The molecule has 0 aliphatic rings. The number of aromatic nitrogens is 1. The van der Waals surface area contributed by atoms with E-state index in [1.54, 1.807) is 6.92 Å². The van der Waals surface area contributed by atoms with Crippen molar-refractivity contribution in [2.24, 2.45) is 0 Å². The van der Waals surface area contributed by atoms with Crippen LogP contribution in [-0.2, 0) is 3.79 Å². The van der Waals surface area contributed by atoms with Gasteiger partial charge in [-0.25, -0.2) is 0 Å². The quantitative estimate of drug-likeness (QED) is 0.711. The lowest BCUT2D eigenvalue weighted by Crippen LogP contribution is -2.07. The van der Waals surface area contributed by atoms with Crippen LogP contribution in [0.1, 0.15) is 11.4 Å². The number of hydrogen-bond acceptors (Lipinski definition) is 2. The fourth-order valence-electron chi connectivity index (χ4n) is 1.00. The highest BCUT2D eigenvalue weighted by molar-refractivity contribution is 6.67. The number of hydrogen-bond donors (Lipinski definition) is 0. The van der Waals surface area contributed by atoms with Crippen LogP contribution in [0, 0.1) is 6.92 Å². The minimum absolute atomic E-state index is 0.105. The molecule has 0 aliphatic heterocycles. The molecule has 0 aromatic carbocycles. The average molecular weight is 309 g/mol. The van der Waals surface area contributed by atoms with Crippen LogP contribution in [0.2, 0.25) is 10.0 Å². The lowest BCUT2D eigenvalue weighted by atomic mass is 10.3. The van der Waals surface area contributed by atoms with Crippen LogP contribution in [0.5, 0.6) is 5.75 Å². The number of aryl methyl sites for hydroxylation is 1. The van der Waals surface area contributed by atoms with Gasteiger partial charge in [0.2, 0.25) is 3.79 Å². The molecule has 0 unspecified atom stereocenters. The highest BCUT2D eigenvalue weighted by Gasteiger charge is 2.31. The molecule has 84 valence electrons. The fraction of sp³-hybridized carbons (Fsp3) is 0.375. The monoisotopic (exact) mass is 307 g/mol. The van der Waals surface area contributed by atoms with Gasteiger partial charge in [0.1, 0.15) is 15.7 Å². The number of ether oxygens (including phenoxy) is 1. The summed E-state index contributed by atoms with van der Waals surface area (Å²) in [5, 5.41) is 0.411. The van der Waals surface area contributed by atoms with Crippen LogP contribution in [0.25, 0.3) is 0 Å². The SMILES string of the molecule is COc1c(Cl)c(C)nc(C(Cl)(Cl)Cl)c1Cl. The molecule has 0 atom stereocenters. The minimum Gasteiger partial charge on any atom is -0.493 e. The third-order valence-corrected chi connectivity index (χ3v) is 3.01. The summed E-state index contributed by atoms with van der Waals surface area (Å²) in [6.07, 6.45) is 0. The van der Waals surface area contributed by atoms with Gasteiger partial charge in [0.25, 0.3) is 0 Å². The third kappa shape index (κ3) is 2.75. The van der Waals surface area contributed by atoms with E-state index >= 15 is 0 Å². The molecule has 0 aliphatic carbocycles. The van der Waals surface area contributed by atoms with Crippen LogP contribution in [0.15, 0.2) is 0 Å². The Balaban J connectivity index is 3.51. The van der Waals surface area contributed by atoms with Crippen molar-refractivity contribution in [2.75, 3.05) is 7.11 Å². The molecule has 0 N–H and O–H groups in total. The number of alkyl halides is 3. The lowest BCUT2D eigenvalue weighted by Gasteiger charge is -2.16. The zero-order chi connectivity index (χ0) is 11.8. The van der Waals surface area contributed by atoms with Gasteiger partial charge in [0.15, 0.2) is 5.75 Å². The summed E-state index contributed by atoms with van der Waals surface area (Å²) in [7, 11) is 1.43. The van der Waals surface area contributed by atoms with Crippen molar-refractivity contribution >= 4 is 58.0 Å². The Bertz CT molecular complexity index is 388. The first-order chi connectivity index (χ1) is 6.79. The highest BCUT2D eigenvalue weighted by atomic mass is 35.6. The number of nitrogens with zero attached hydrogens (tertiary/aromatic N) is 1. The zero-order valence-electron chi connectivity index (χ0n) is 7.75. The van der Waals surface area contributed by atoms with Gasteiger partial charge < -0.3 is 4.74 Å². The van der Waals surface area contributed by atoms with E-state index in [0.29, 0.717) is 10.7 Å². The lowest BCUT2D eigenvalue weighted by molar-refractivity contribution is 0.413. The summed E-state index contributed by atoms with van der Waals surface area (Å²) in [6, 6.07) is 0. The zero-order valence-corrected chi connectivity index (χ0v) is 11.5. The maximum absolute atomic E-state index is 5.95. The summed E-state index contributed by atoms with van der Waals surface area (Å²) < 4.78 is 3.30. The molecule has 0 radical (unpaired) electrons. The van der Waals surface area contributed by atoms with Gasteiger partial charge in [-0.2, -0.15) is 0 Å². The van der Waals surface area contributed by atoms with Crippen molar-refractivity contribution in [2.45, 2.75) is 10.7 Å². The Morgan fingerprint density at radius 1 is 1.13 bits per heavy atom. The van der Waals surface area contributed by atoms with E-state index in [1.807, 2.05) is 0 Å². The summed E-state index contributed by atoms with van der Waals surface area (Å²) in [5.74, 6) is 0.257. The van der Waals surface area contributed by atoms with Gasteiger partial charge in [-0.3, -0.25) is 4.98 Å². The smallest absolute Gasteiger partial charge is 0.234 e. The molecule has 1 heterocycles. The Morgan fingerprint density at radius 3 is 2.07 bits per heavy atom. The topological polar surface area (TPSA) is 22.1 Å². The first-order valence-electron chi connectivity index (χ1n) is 3.75. The maximum Gasteiger partial charge on any atom is 0.234 e. The van der Waals surface area contributed by atoms with Crippen LogP contribution < -0.4 is 4.74 Å². The van der Waals surface area contributed by atoms with E-state index in [-0.39, 0.29) is 16.5 Å². The summed E-state index contributed by atoms with van der Waals surface area (Å²) in [6.45, 7) is 1.67. The third-order valence-electron chi connectivity index (χ3n) is 1.68.